The molecule has 8 nitrogen and oxygen atoms in total. The molecule has 5 rings (SSSR count). The SMILES string of the molecule is COCCCN(C)c1ccc(-n2c(-c3ccc(C#N)c(F)c3)nc3c(N4CCCC(N)C4)ccnc32)cc1. The summed E-state index contributed by atoms with van der Waals surface area (Å²) in [6.45, 7) is 3.23. The highest BCUT2D eigenvalue weighted by molar-refractivity contribution is 5.90. The van der Waals surface area contributed by atoms with E-state index in [2.05, 4.69) is 29.0 Å². The van der Waals surface area contributed by atoms with Gasteiger partial charge in [-0.05, 0) is 67.8 Å². The van der Waals surface area contributed by atoms with Gasteiger partial charge in [0.05, 0.1) is 11.3 Å². The Labute approximate surface area is 222 Å². The second-order valence-corrected chi connectivity index (χ2v) is 9.71. The highest BCUT2D eigenvalue weighted by Gasteiger charge is 2.24. The molecule has 1 aliphatic heterocycles. The van der Waals surface area contributed by atoms with Crippen LogP contribution in [0.25, 0.3) is 28.2 Å². The van der Waals surface area contributed by atoms with Gasteiger partial charge in [-0.1, -0.05) is 0 Å². The van der Waals surface area contributed by atoms with Crippen LogP contribution in [0, 0.1) is 17.1 Å². The molecule has 1 atom stereocenters. The van der Waals surface area contributed by atoms with E-state index >= 15 is 0 Å². The Morgan fingerprint density at radius 1 is 1.21 bits per heavy atom. The molecule has 196 valence electrons. The van der Waals surface area contributed by atoms with Crippen LogP contribution in [0.15, 0.2) is 54.7 Å². The lowest BCUT2D eigenvalue weighted by Crippen LogP contribution is -2.42. The van der Waals surface area contributed by atoms with Crippen molar-refractivity contribution in [2.45, 2.75) is 25.3 Å². The molecule has 0 amide bonds. The average molecular weight is 514 g/mol. The van der Waals surface area contributed by atoms with Crippen LogP contribution in [0.2, 0.25) is 0 Å². The van der Waals surface area contributed by atoms with E-state index in [0.717, 1.165) is 61.5 Å². The van der Waals surface area contributed by atoms with Gasteiger partial charge < -0.3 is 20.3 Å². The second kappa shape index (κ2) is 11.2. The Morgan fingerprint density at radius 2 is 2.03 bits per heavy atom. The van der Waals surface area contributed by atoms with Crippen LogP contribution < -0.4 is 15.5 Å². The molecular formula is C29H32FN7O. The van der Waals surface area contributed by atoms with Crippen LogP contribution in [0.3, 0.4) is 0 Å². The lowest BCUT2D eigenvalue weighted by atomic mass is 10.1. The predicted molar refractivity (Wildman–Crippen MR) is 148 cm³/mol. The van der Waals surface area contributed by atoms with E-state index in [0.29, 0.717) is 23.6 Å². The molecule has 38 heavy (non-hydrogen) atoms. The number of fused-ring (bicyclic) bond motifs is 1. The molecule has 1 unspecified atom stereocenters. The lowest BCUT2D eigenvalue weighted by Gasteiger charge is -2.32. The topological polar surface area (TPSA) is 96.2 Å². The number of halogens is 1. The van der Waals surface area contributed by atoms with E-state index in [9.17, 15) is 9.65 Å². The number of ether oxygens (including phenoxy) is 1. The monoisotopic (exact) mass is 513 g/mol. The maximum Gasteiger partial charge on any atom is 0.167 e. The summed E-state index contributed by atoms with van der Waals surface area (Å²) in [6, 6.07) is 16.7. The van der Waals surface area contributed by atoms with Gasteiger partial charge in [-0.15, -0.1) is 0 Å². The molecule has 3 heterocycles. The maximum atomic E-state index is 14.7. The molecule has 0 spiro atoms. The van der Waals surface area contributed by atoms with E-state index in [4.69, 9.17) is 20.4 Å². The van der Waals surface area contributed by atoms with Crippen molar-refractivity contribution >= 4 is 22.5 Å². The van der Waals surface area contributed by atoms with Crippen molar-refractivity contribution in [3.63, 3.8) is 0 Å². The molecule has 1 aliphatic rings. The van der Waals surface area contributed by atoms with E-state index < -0.39 is 5.82 Å². The van der Waals surface area contributed by atoms with Gasteiger partial charge in [0.25, 0.3) is 0 Å². The fourth-order valence-electron chi connectivity index (χ4n) is 5.06. The lowest BCUT2D eigenvalue weighted by molar-refractivity contribution is 0.196. The summed E-state index contributed by atoms with van der Waals surface area (Å²) in [5.41, 5.74) is 11.2. The zero-order chi connectivity index (χ0) is 26.6. The van der Waals surface area contributed by atoms with Crippen LogP contribution >= 0.6 is 0 Å². The number of anilines is 2. The van der Waals surface area contributed by atoms with Crippen molar-refractivity contribution in [3.8, 4) is 23.1 Å². The highest BCUT2D eigenvalue weighted by Crippen LogP contribution is 2.34. The van der Waals surface area contributed by atoms with Gasteiger partial charge in [-0.25, -0.2) is 14.4 Å². The molecule has 1 fully saturated rings. The molecule has 2 aromatic carbocycles. The summed E-state index contributed by atoms with van der Waals surface area (Å²) in [7, 11) is 3.76. The Bertz CT molecular complexity index is 1460. The Hall–Kier alpha value is -4.00. The molecule has 1 saturated heterocycles. The van der Waals surface area contributed by atoms with Crippen LogP contribution in [0.4, 0.5) is 15.8 Å². The van der Waals surface area contributed by atoms with Crippen LogP contribution in [-0.2, 0) is 4.74 Å². The predicted octanol–water partition coefficient (Wildman–Crippen LogP) is 4.50. The van der Waals surface area contributed by atoms with Crippen molar-refractivity contribution < 1.29 is 9.13 Å². The number of hydrogen-bond donors (Lipinski definition) is 1. The average Bonchev–Trinajstić information content (AvgIpc) is 3.33. The number of nitriles is 1. The van der Waals surface area contributed by atoms with Gasteiger partial charge in [0, 0.05) is 69.6 Å². The van der Waals surface area contributed by atoms with E-state index in [1.165, 1.54) is 12.1 Å². The first-order valence-electron chi connectivity index (χ1n) is 12.9. The first kappa shape index (κ1) is 25.6. The third-order valence-electron chi connectivity index (χ3n) is 7.06. The molecule has 2 N–H and O–H groups in total. The van der Waals surface area contributed by atoms with Gasteiger partial charge in [0.15, 0.2) is 5.65 Å². The van der Waals surface area contributed by atoms with Gasteiger partial charge in [0.1, 0.15) is 23.2 Å². The second-order valence-electron chi connectivity index (χ2n) is 9.71. The summed E-state index contributed by atoms with van der Waals surface area (Å²) in [4.78, 5) is 14.2. The van der Waals surface area contributed by atoms with Crippen LogP contribution in [0.1, 0.15) is 24.8 Å². The largest absolute Gasteiger partial charge is 0.385 e. The van der Waals surface area contributed by atoms with Crippen LogP contribution in [0.5, 0.6) is 0 Å². The minimum atomic E-state index is -0.577. The number of imidazole rings is 1. The number of aromatic nitrogens is 3. The van der Waals surface area contributed by atoms with E-state index in [1.807, 2.05) is 28.8 Å². The van der Waals surface area contributed by atoms with E-state index in [1.54, 1.807) is 19.4 Å². The number of nitrogens with two attached hydrogens (primary N) is 1. The highest BCUT2D eigenvalue weighted by atomic mass is 19.1. The summed E-state index contributed by atoms with van der Waals surface area (Å²) >= 11 is 0. The fraction of sp³-hybridized carbons (Fsp3) is 0.345. The zero-order valence-corrected chi connectivity index (χ0v) is 21.8. The summed E-state index contributed by atoms with van der Waals surface area (Å²) in [5.74, 6) is -0.0160. The molecule has 4 aromatic rings. The van der Waals surface area contributed by atoms with Crippen molar-refractivity contribution in [3.05, 3.63) is 66.1 Å². The molecule has 0 radical (unpaired) electrons. The number of piperidine rings is 1. The van der Waals surface area contributed by atoms with Gasteiger partial charge >= 0.3 is 0 Å². The van der Waals surface area contributed by atoms with Gasteiger partial charge in [0.2, 0.25) is 0 Å². The fourth-order valence-corrected chi connectivity index (χ4v) is 5.06. The standard InChI is InChI=1S/C29H32FN7O/c1-35(14-4-16-38-2)23-8-10-24(11-9-23)37-28(20-6-7-21(18-31)25(30)17-20)34-27-26(12-13-33-29(27)37)36-15-3-5-22(32)19-36/h6-13,17,22H,3-5,14-16,19,32H2,1-2H3. The molecule has 0 aliphatic carbocycles. The first-order valence-corrected chi connectivity index (χ1v) is 12.9. The van der Waals surface area contributed by atoms with Crippen molar-refractivity contribution in [2.75, 3.05) is 50.2 Å². The van der Waals surface area contributed by atoms with E-state index in [-0.39, 0.29) is 11.6 Å². The summed E-state index contributed by atoms with van der Waals surface area (Å²) in [5, 5.41) is 9.22. The summed E-state index contributed by atoms with van der Waals surface area (Å²) in [6.07, 6.45) is 4.74. The maximum absolute atomic E-state index is 14.7. The number of pyridine rings is 1. The first-order chi connectivity index (χ1) is 18.5. The molecular weight excluding hydrogens is 481 g/mol. The Morgan fingerprint density at radius 3 is 2.74 bits per heavy atom. The number of methoxy groups -OCH3 is 1. The van der Waals surface area contributed by atoms with Crippen molar-refractivity contribution in [1.29, 1.82) is 5.26 Å². The summed E-state index contributed by atoms with van der Waals surface area (Å²) < 4.78 is 21.8. The van der Waals surface area contributed by atoms with Gasteiger partial charge in [-0.3, -0.25) is 4.57 Å². The molecule has 2 aromatic heterocycles. The zero-order valence-electron chi connectivity index (χ0n) is 21.8. The van der Waals surface area contributed by atoms with Crippen molar-refractivity contribution in [1.82, 2.24) is 14.5 Å². The van der Waals surface area contributed by atoms with Crippen LogP contribution in [-0.4, -0.2) is 61.0 Å². The Balaban J connectivity index is 1.62. The molecule has 0 bridgehead atoms. The van der Waals surface area contributed by atoms with Crippen molar-refractivity contribution in [2.24, 2.45) is 5.73 Å². The minimum Gasteiger partial charge on any atom is -0.385 e. The number of hydrogen-bond acceptors (Lipinski definition) is 7. The smallest absolute Gasteiger partial charge is 0.167 e. The third-order valence-corrected chi connectivity index (χ3v) is 7.06. The number of benzene rings is 2. The molecule has 0 saturated carbocycles. The quantitative estimate of drug-likeness (QED) is 0.347. The normalized spacial score (nSPS) is 15.6. The number of rotatable bonds is 8. The minimum absolute atomic E-state index is 0.00149. The number of nitrogens with zero attached hydrogens (tertiary/aromatic N) is 6. The third kappa shape index (κ3) is 5.05. The van der Waals surface area contributed by atoms with Gasteiger partial charge in [-0.2, -0.15) is 5.26 Å². The Kier molecular flexibility index (Phi) is 7.54. The molecule has 9 heteroatoms.